The molecular weight excluding hydrogens is 336 g/mol. The molecule has 6 heteroatoms. The molecule has 0 bridgehead atoms. The maximum Gasteiger partial charge on any atom is 0.191 e. The molecule has 1 aliphatic rings. The van der Waals surface area contributed by atoms with Gasteiger partial charge >= 0.3 is 0 Å². The number of nitrogens with one attached hydrogen (secondary N) is 2. The molecule has 0 aromatic heterocycles. The highest BCUT2D eigenvalue weighted by atomic mass is 35.5. The number of rotatable bonds is 7. The third-order valence-corrected chi connectivity index (χ3v) is 5.26. The van der Waals surface area contributed by atoms with E-state index in [9.17, 15) is 0 Å². The summed E-state index contributed by atoms with van der Waals surface area (Å²) in [6.45, 7) is 6.12. The van der Waals surface area contributed by atoms with Crippen molar-refractivity contribution >= 4 is 17.6 Å². The van der Waals surface area contributed by atoms with Crippen molar-refractivity contribution in [2.75, 3.05) is 46.9 Å². The van der Waals surface area contributed by atoms with Gasteiger partial charge in [-0.2, -0.15) is 0 Å². The fraction of sp³-hybridized carbons (Fsp3) is 0.632. The molecule has 1 aromatic rings. The number of hydrogen-bond donors (Lipinski definition) is 2. The van der Waals surface area contributed by atoms with Gasteiger partial charge in [-0.3, -0.25) is 4.99 Å². The normalized spacial score (nSPS) is 17.6. The molecule has 2 rings (SSSR count). The van der Waals surface area contributed by atoms with Gasteiger partial charge in [-0.25, -0.2) is 0 Å². The van der Waals surface area contributed by atoms with Gasteiger partial charge in [-0.15, -0.1) is 0 Å². The van der Waals surface area contributed by atoms with Gasteiger partial charge in [0.1, 0.15) is 0 Å². The van der Waals surface area contributed by atoms with Gasteiger partial charge in [0.05, 0.1) is 6.54 Å². The zero-order valence-electron chi connectivity index (χ0n) is 15.6. The summed E-state index contributed by atoms with van der Waals surface area (Å²) in [5, 5.41) is 7.58. The van der Waals surface area contributed by atoms with Gasteiger partial charge in [0.25, 0.3) is 0 Å². The van der Waals surface area contributed by atoms with Crippen LogP contribution < -0.4 is 10.6 Å². The van der Waals surface area contributed by atoms with E-state index in [1.807, 2.05) is 18.2 Å². The van der Waals surface area contributed by atoms with Crippen LogP contribution in [0.3, 0.4) is 0 Å². The zero-order valence-corrected chi connectivity index (χ0v) is 16.4. The summed E-state index contributed by atoms with van der Waals surface area (Å²) >= 11 is 6.23. The lowest BCUT2D eigenvalue weighted by molar-refractivity contribution is -0.00254. The summed E-state index contributed by atoms with van der Waals surface area (Å²) in [6, 6.07) is 7.98. The Kier molecular flexibility index (Phi) is 8.00. The second-order valence-electron chi connectivity index (χ2n) is 6.69. The highest BCUT2D eigenvalue weighted by Gasteiger charge is 2.34. The van der Waals surface area contributed by atoms with Gasteiger partial charge < -0.3 is 20.3 Å². The molecule has 140 valence electrons. The van der Waals surface area contributed by atoms with Gasteiger partial charge in [-0.1, -0.05) is 29.8 Å². The van der Waals surface area contributed by atoms with Crippen LogP contribution in [-0.2, 0) is 11.2 Å². The average molecular weight is 367 g/mol. The minimum atomic E-state index is 0.0866. The quantitative estimate of drug-likeness (QED) is 0.575. The van der Waals surface area contributed by atoms with Crippen molar-refractivity contribution in [1.82, 2.24) is 15.5 Å². The van der Waals surface area contributed by atoms with Crippen LogP contribution in [0, 0.1) is 0 Å². The summed E-state index contributed by atoms with van der Waals surface area (Å²) in [5.41, 5.74) is 1.24. The van der Waals surface area contributed by atoms with E-state index in [4.69, 9.17) is 21.3 Å². The molecule has 0 spiro atoms. The number of benzene rings is 1. The highest BCUT2D eigenvalue weighted by molar-refractivity contribution is 6.31. The highest BCUT2D eigenvalue weighted by Crippen LogP contribution is 2.26. The Labute approximate surface area is 156 Å². The Hall–Kier alpha value is -1.30. The van der Waals surface area contributed by atoms with E-state index >= 15 is 0 Å². The van der Waals surface area contributed by atoms with E-state index in [1.165, 1.54) is 0 Å². The van der Waals surface area contributed by atoms with Crippen molar-refractivity contribution in [2.24, 2.45) is 4.99 Å². The SMILES string of the molecule is CCNC(=NCC1(N(C)C)CCOCC1)NCCc1ccccc1Cl. The van der Waals surface area contributed by atoms with Gasteiger partial charge in [0, 0.05) is 36.9 Å². The molecule has 1 fully saturated rings. The average Bonchev–Trinajstić information content (AvgIpc) is 2.62. The molecule has 0 radical (unpaired) electrons. The van der Waals surface area contributed by atoms with Crippen molar-refractivity contribution in [1.29, 1.82) is 0 Å². The topological polar surface area (TPSA) is 48.9 Å². The first kappa shape index (κ1) is 20.0. The van der Waals surface area contributed by atoms with Crippen LogP contribution in [0.25, 0.3) is 0 Å². The number of guanidine groups is 1. The molecule has 1 saturated heterocycles. The minimum Gasteiger partial charge on any atom is -0.381 e. The van der Waals surface area contributed by atoms with Crippen LogP contribution >= 0.6 is 11.6 Å². The summed E-state index contributed by atoms with van der Waals surface area (Å²) in [6.07, 6.45) is 2.90. The van der Waals surface area contributed by atoms with Crippen LogP contribution in [0.4, 0.5) is 0 Å². The lowest BCUT2D eigenvalue weighted by Gasteiger charge is -2.41. The van der Waals surface area contributed by atoms with Gasteiger partial charge in [0.15, 0.2) is 5.96 Å². The third-order valence-electron chi connectivity index (χ3n) is 4.89. The first-order valence-electron chi connectivity index (χ1n) is 9.08. The molecule has 1 heterocycles. The number of halogens is 1. The second kappa shape index (κ2) is 10.00. The standard InChI is InChI=1S/C19H31ClN4O/c1-4-21-18(22-12-9-16-7-5-6-8-17(16)20)23-15-19(24(2)3)10-13-25-14-11-19/h5-8H,4,9-15H2,1-3H3,(H2,21,22,23). The van der Waals surface area contributed by atoms with E-state index in [0.29, 0.717) is 0 Å². The largest absolute Gasteiger partial charge is 0.381 e. The molecule has 1 aliphatic heterocycles. The molecule has 25 heavy (non-hydrogen) atoms. The first-order chi connectivity index (χ1) is 12.1. The lowest BCUT2D eigenvalue weighted by Crippen LogP contribution is -2.51. The molecule has 0 aliphatic carbocycles. The number of likely N-dealkylation sites (N-methyl/N-ethyl adjacent to an activating group) is 1. The lowest BCUT2D eigenvalue weighted by atomic mass is 9.89. The maximum absolute atomic E-state index is 6.23. The predicted octanol–water partition coefficient (Wildman–Crippen LogP) is 2.55. The number of nitrogens with zero attached hydrogens (tertiary/aromatic N) is 2. The van der Waals surface area contributed by atoms with Gasteiger partial charge in [-0.05, 0) is 51.9 Å². The Morgan fingerprint density at radius 2 is 1.96 bits per heavy atom. The Balaban J connectivity index is 1.94. The van der Waals surface area contributed by atoms with E-state index in [1.54, 1.807) is 0 Å². The molecule has 0 amide bonds. The number of aliphatic imine (C=N–C) groups is 1. The number of ether oxygens (including phenoxy) is 1. The maximum atomic E-state index is 6.23. The predicted molar refractivity (Wildman–Crippen MR) is 106 cm³/mol. The molecule has 5 nitrogen and oxygen atoms in total. The fourth-order valence-corrected chi connectivity index (χ4v) is 3.31. The minimum absolute atomic E-state index is 0.0866. The zero-order chi connectivity index (χ0) is 18.1. The first-order valence-corrected chi connectivity index (χ1v) is 9.46. The second-order valence-corrected chi connectivity index (χ2v) is 7.10. The van der Waals surface area contributed by atoms with Crippen LogP contribution in [-0.4, -0.2) is 63.3 Å². The smallest absolute Gasteiger partial charge is 0.191 e. The molecular formula is C19H31ClN4O. The fourth-order valence-electron chi connectivity index (χ4n) is 3.08. The summed E-state index contributed by atoms with van der Waals surface area (Å²) < 4.78 is 5.54. The van der Waals surface area contributed by atoms with E-state index in [-0.39, 0.29) is 5.54 Å². The Bertz CT molecular complexity index is 556. The number of hydrogen-bond acceptors (Lipinski definition) is 3. The molecule has 0 saturated carbocycles. The molecule has 0 atom stereocenters. The summed E-state index contributed by atoms with van der Waals surface area (Å²) in [4.78, 5) is 7.15. The molecule has 1 aromatic carbocycles. The van der Waals surface area contributed by atoms with E-state index in [0.717, 1.165) is 68.7 Å². The third kappa shape index (κ3) is 5.87. The van der Waals surface area contributed by atoms with Crippen LogP contribution in [0.2, 0.25) is 5.02 Å². The molecule has 0 unspecified atom stereocenters. The Morgan fingerprint density at radius 1 is 1.24 bits per heavy atom. The summed E-state index contributed by atoms with van der Waals surface area (Å²) in [7, 11) is 4.27. The van der Waals surface area contributed by atoms with E-state index in [2.05, 4.69) is 42.6 Å². The van der Waals surface area contributed by atoms with Crippen LogP contribution in [0.1, 0.15) is 25.3 Å². The molecule has 2 N–H and O–H groups in total. The van der Waals surface area contributed by atoms with Crippen LogP contribution in [0.15, 0.2) is 29.3 Å². The van der Waals surface area contributed by atoms with Crippen molar-refractivity contribution in [2.45, 2.75) is 31.7 Å². The summed E-state index contributed by atoms with van der Waals surface area (Å²) in [5.74, 6) is 0.863. The van der Waals surface area contributed by atoms with Crippen molar-refractivity contribution < 1.29 is 4.74 Å². The van der Waals surface area contributed by atoms with E-state index < -0.39 is 0 Å². The monoisotopic (exact) mass is 366 g/mol. The Morgan fingerprint density at radius 3 is 2.60 bits per heavy atom. The van der Waals surface area contributed by atoms with Gasteiger partial charge in [0.2, 0.25) is 0 Å². The van der Waals surface area contributed by atoms with Crippen molar-refractivity contribution in [3.8, 4) is 0 Å². The van der Waals surface area contributed by atoms with Crippen LogP contribution in [0.5, 0.6) is 0 Å². The van der Waals surface area contributed by atoms with Crippen molar-refractivity contribution in [3.05, 3.63) is 34.9 Å². The van der Waals surface area contributed by atoms with Crippen molar-refractivity contribution in [3.63, 3.8) is 0 Å².